The van der Waals surface area contributed by atoms with Gasteiger partial charge in [-0.3, -0.25) is 9.69 Å². The van der Waals surface area contributed by atoms with Gasteiger partial charge in [0.05, 0.1) is 19.8 Å². The molecule has 0 atom stereocenters. The average molecular weight is 415 g/mol. The van der Waals surface area contributed by atoms with E-state index in [0.717, 1.165) is 79.8 Å². The van der Waals surface area contributed by atoms with Crippen molar-refractivity contribution in [1.29, 1.82) is 0 Å². The molecule has 1 aromatic heterocycles. The lowest BCUT2D eigenvalue weighted by atomic mass is 9.96. The van der Waals surface area contributed by atoms with Crippen LogP contribution in [0.25, 0.3) is 10.4 Å². The average Bonchev–Trinajstić information content (AvgIpc) is 3.19. The molecule has 0 unspecified atom stereocenters. The maximum atomic E-state index is 13.3. The van der Waals surface area contributed by atoms with Gasteiger partial charge in [-0.25, -0.2) is 0 Å². The minimum Gasteiger partial charge on any atom is -0.492 e. The van der Waals surface area contributed by atoms with Crippen molar-refractivity contribution in [2.24, 2.45) is 5.92 Å². The van der Waals surface area contributed by atoms with Gasteiger partial charge in [-0.2, -0.15) is 0 Å². The SMILES string of the molecule is CCOc1cc(-c2ccccc2)sc1C(=O)N1CCC(CN2CCOCC2)CC1. The quantitative estimate of drug-likeness (QED) is 0.717. The summed E-state index contributed by atoms with van der Waals surface area (Å²) in [5.41, 5.74) is 1.13. The smallest absolute Gasteiger partial charge is 0.267 e. The fourth-order valence-electron chi connectivity index (χ4n) is 4.14. The number of amides is 1. The molecule has 6 heteroatoms. The Bertz CT molecular complexity index is 794. The van der Waals surface area contributed by atoms with Crippen LogP contribution < -0.4 is 4.74 Å². The van der Waals surface area contributed by atoms with E-state index >= 15 is 0 Å². The Hall–Kier alpha value is -1.89. The first-order valence-corrected chi connectivity index (χ1v) is 11.5. The number of morpholine rings is 1. The van der Waals surface area contributed by atoms with Crippen LogP contribution in [0.1, 0.15) is 29.4 Å². The third-order valence-corrected chi connectivity index (χ3v) is 6.93. The highest BCUT2D eigenvalue weighted by Crippen LogP contribution is 2.37. The van der Waals surface area contributed by atoms with Gasteiger partial charge in [-0.15, -0.1) is 11.3 Å². The van der Waals surface area contributed by atoms with Gasteiger partial charge in [0.15, 0.2) is 0 Å². The van der Waals surface area contributed by atoms with Crippen LogP contribution in [0.15, 0.2) is 36.4 Å². The minimum atomic E-state index is 0.116. The molecule has 0 bridgehead atoms. The van der Waals surface area contributed by atoms with Crippen LogP contribution in [0.2, 0.25) is 0 Å². The van der Waals surface area contributed by atoms with Crippen molar-refractivity contribution >= 4 is 17.2 Å². The van der Waals surface area contributed by atoms with Gasteiger partial charge in [0.2, 0.25) is 0 Å². The number of thiophene rings is 1. The number of benzene rings is 1. The Kier molecular flexibility index (Phi) is 6.85. The number of carbonyl (C=O) groups is 1. The summed E-state index contributed by atoms with van der Waals surface area (Å²) in [5, 5.41) is 0. The number of hydrogen-bond donors (Lipinski definition) is 0. The van der Waals surface area contributed by atoms with E-state index in [1.54, 1.807) is 11.3 Å². The fourth-order valence-corrected chi connectivity index (χ4v) is 5.22. The molecule has 2 fully saturated rings. The summed E-state index contributed by atoms with van der Waals surface area (Å²) >= 11 is 1.55. The maximum absolute atomic E-state index is 13.3. The summed E-state index contributed by atoms with van der Waals surface area (Å²) in [6.45, 7) is 9.09. The largest absolute Gasteiger partial charge is 0.492 e. The first-order valence-electron chi connectivity index (χ1n) is 10.7. The molecule has 0 radical (unpaired) electrons. The van der Waals surface area contributed by atoms with Crippen LogP contribution in [0.3, 0.4) is 0 Å². The number of hydrogen-bond acceptors (Lipinski definition) is 5. The van der Waals surface area contributed by atoms with Crippen molar-refractivity contribution in [3.63, 3.8) is 0 Å². The Morgan fingerprint density at radius 3 is 2.55 bits per heavy atom. The van der Waals surface area contributed by atoms with Gasteiger partial charge >= 0.3 is 0 Å². The first kappa shape index (κ1) is 20.4. The van der Waals surface area contributed by atoms with Crippen molar-refractivity contribution in [2.75, 3.05) is 52.5 Å². The molecule has 1 aromatic carbocycles. The predicted molar refractivity (Wildman–Crippen MR) is 117 cm³/mol. The van der Waals surface area contributed by atoms with Crippen LogP contribution in [0.5, 0.6) is 5.75 Å². The van der Waals surface area contributed by atoms with Gasteiger partial charge in [-0.1, -0.05) is 30.3 Å². The molecule has 0 spiro atoms. The summed E-state index contributed by atoms with van der Waals surface area (Å²) in [4.78, 5) is 19.6. The second-order valence-corrected chi connectivity index (χ2v) is 8.80. The fraction of sp³-hybridized carbons (Fsp3) is 0.522. The van der Waals surface area contributed by atoms with E-state index in [9.17, 15) is 4.79 Å². The molecule has 0 saturated carbocycles. The van der Waals surface area contributed by atoms with E-state index < -0.39 is 0 Å². The molecule has 29 heavy (non-hydrogen) atoms. The summed E-state index contributed by atoms with van der Waals surface area (Å²) < 4.78 is 11.3. The molecule has 2 saturated heterocycles. The molecule has 0 N–H and O–H groups in total. The van der Waals surface area contributed by atoms with Gasteiger partial charge in [-0.05, 0) is 37.3 Å². The summed E-state index contributed by atoms with van der Waals surface area (Å²) in [7, 11) is 0. The third kappa shape index (κ3) is 5.00. The number of piperidine rings is 1. The lowest BCUT2D eigenvalue weighted by Gasteiger charge is -2.36. The van der Waals surface area contributed by atoms with Crippen molar-refractivity contribution in [1.82, 2.24) is 9.80 Å². The summed E-state index contributed by atoms with van der Waals surface area (Å²) in [6.07, 6.45) is 2.15. The molecule has 2 aliphatic heterocycles. The Morgan fingerprint density at radius 2 is 1.86 bits per heavy atom. The predicted octanol–water partition coefficient (Wildman–Crippen LogP) is 4.00. The first-order chi connectivity index (χ1) is 14.2. The lowest BCUT2D eigenvalue weighted by Crippen LogP contribution is -2.44. The Labute approximate surface area is 177 Å². The molecular formula is C23H30N2O3S. The van der Waals surface area contributed by atoms with Crippen LogP contribution >= 0.6 is 11.3 Å². The molecule has 2 aliphatic rings. The number of likely N-dealkylation sites (tertiary alicyclic amines) is 1. The Balaban J connectivity index is 1.41. The monoisotopic (exact) mass is 414 g/mol. The van der Waals surface area contributed by atoms with E-state index in [1.165, 1.54) is 0 Å². The maximum Gasteiger partial charge on any atom is 0.267 e. The van der Waals surface area contributed by atoms with Crippen molar-refractivity contribution in [3.8, 4) is 16.2 Å². The summed E-state index contributed by atoms with van der Waals surface area (Å²) in [5.74, 6) is 1.51. The summed E-state index contributed by atoms with van der Waals surface area (Å²) in [6, 6.07) is 12.2. The van der Waals surface area contributed by atoms with Crippen molar-refractivity contribution < 1.29 is 14.3 Å². The number of rotatable bonds is 6. The molecule has 4 rings (SSSR count). The second kappa shape index (κ2) is 9.74. The highest BCUT2D eigenvalue weighted by molar-refractivity contribution is 7.17. The van der Waals surface area contributed by atoms with Gasteiger partial charge in [0.25, 0.3) is 5.91 Å². The van der Waals surface area contributed by atoms with Crippen LogP contribution in [-0.4, -0.2) is 68.3 Å². The number of ether oxygens (including phenoxy) is 2. The van der Waals surface area contributed by atoms with E-state index in [-0.39, 0.29) is 5.91 Å². The van der Waals surface area contributed by atoms with E-state index in [1.807, 2.05) is 36.1 Å². The molecule has 0 aliphatic carbocycles. The molecule has 156 valence electrons. The topological polar surface area (TPSA) is 42.0 Å². The number of carbonyl (C=O) groups excluding carboxylic acids is 1. The van der Waals surface area contributed by atoms with Crippen molar-refractivity contribution in [3.05, 3.63) is 41.3 Å². The zero-order chi connectivity index (χ0) is 20.1. The standard InChI is InChI=1S/C23H30N2O3S/c1-2-28-20-16-21(19-6-4-3-5-7-19)29-22(20)23(26)25-10-8-18(9-11-25)17-24-12-14-27-15-13-24/h3-7,16,18H,2,8-15,17H2,1H3. The number of nitrogens with zero attached hydrogens (tertiary/aromatic N) is 2. The molecule has 1 amide bonds. The van der Waals surface area contributed by atoms with Crippen LogP contribution in [0.4, 0.5) is 0 Å². The molecule has 5 nitrogen and oxygen atoms in total. The zero-order valence-corrected chi connectivity index (χ0v) is 18.0. The normalized spacial score (nSPS) is 18.7. The molecular weight excluding hydrogens is 384 g/mol. The van der Waals surface area contributed by atoms with Gasteiger partial charge < -0.3 is 14.4 Å². The van der Waals surface area contributed by atoms with Gasteiger partial charge in [0, 0.05) is 37.6 Å². The van der Waals surface area contributed by atoms with E-state index in [2.05, 4.69) is 17.0 Å². The van der Waals surface area contributed by atoms with Crippen LogP contribution in [-0.2, 0) is 4.74 Å². The molecule has 3 heterocycles. The lowest BCUT2D eigenvalue weighted by molar-refractivity contribution is 0.0243. The Morgan fingerprint density at radius 1 is 1.14 bits per heavy atom. The highest BCUT2D eigenvalue weighted by atomic mass is 32.1. The van der Waals surface area contributed by atoms with Crippen LogP contribution in [0, 0.1) is 5.92 Å². The van der Waals surface area contributed by atoms with Crippen molar-refractivity contribution in [2.45, 2.75) is 19.8 Å². The second-order valence-electron chi connectivity index (χ2n) is 7.75. The third-order valence-electron chi connectivity index (χ3n) is 5.77. The van der Waals surface area contributed by atoms with Gasteiger partial charge in [0.1, 0.15) is 10.6 Å². The highest BCUT2D eigenvalue weighted by Gasteiger charge is 2.28. The minimum absolute atomic E-state index is 0.116. The van der Waals surface area contributed by atoms with E-state index in [0.29, 0.717) is 12.5 Å². The zero-order valence-electron chi connectivity index (χ0n) is 17.1. The molecule has 2 aromatic rings. The van der Waals surface area contributed by atoms with E-state index in [4.69, 9.17) is 9.47 Å².